The van der Waals surface area contributed by atoms with Crippen molar-refractivity contribution in [2.45, 2.75) is 12.2 Å². The summed E-state index contributed by atoms with van der Waals surface area (Å²) in [5.41, 5.74) is 5.38. The Hall–Kier alpha value is -0.850. The van der Waals surface area contributed by atoms with Crippen LogP contribution in [0.4, 0.5) is 10.1 Å². The van der Waals surface area contributed by atoms with Crippen molar-refractivity contribution in [3.05, 3.63) is 29.0 Å². The number of anilines is 1. The molecule has 90 valence electrons. The van der Waals surface area contributed by atoms with Gasteiger partial charge in [-0.2, -0.15) is 0 Å². The van der Waals surface area contributed by atoms with Crippen LogP contribution < -0.4 is 10.5 Å². The van der Waals surface area contributed by atoms with Gasteiger partial charge in [-0.3, -0.25) is 4.72 Å². The summed E-state index contributed by atoms with van der Waals surface area (Å²) in [7, 11) is -3.58. The van der Waals surface area contributed by atoms with Gasteiger partial charge in [-0.1, -0.05) is 11.6 Å². The second-order valence-corrected chi connectivity index (χ2v) is 5.83. The van der Waals surface area contributed by atoms with Gasteiger partial charge in [0.15, 0.2) is 0 Å². The van der Waals surface area contributed by atoms with Crippen molar-refractivity contribution in [2.75, 3.05) is 11.3 Å². The van der Waals surface area contributed by atoms with Gasteiger partial charge in [-0.05, 0) is 25.1 Å². The SMILES string of the molecule is CC(CN)S(=O)(=O)Nc1ccc(Cl)c(F)c1. The van der Waals surface area contributed by atoms with E-state index in [1.165, 1.54) is 19.1 Å². The fourth-order valence-corrected chi connectivity index (χ4v) is 1.98. The van der Waals surface area contributed by atoms with E-state index in [4.69, 9.17) is 17.3 Å². The lowest BCUT2D eigenvalue weighted by Crippen LogP contribution is -2.31. The number of benzene rings is 1. The first-order valence-electron chi connectivity index (χ1n) is 4.53. The molecule has 0 bridgehead atoms. The van der Waals surface area contributed by atoms with E-state index in [0.717, 1.165) is 6.07 Å². The van der Waals surface area contributed by atoms with Gasteiger partial charge in [0.05, 0.1) is 16.0 Å². The van der Waals surface area contributed by atoms with Crippen LogP contribution in [0.3, 0.4) is 0 Å². The molecule has 4 nitrogen and oxygen atoms in total. The van der Waals surface area contributed by atoms with E-state index < -0.39 is 21.1 Å². The fraction of sp³-hybridized carbons (Fsp3) is 0.333. The Morgan fingerprint density at radius 1 is 1.56 bits per heavy atom. The van der Waals surface area contributed by atoms with Gasteiger partial charge in [-0.25, -0.2) is 12.8 Å². The topological polar surface area (TPSA) is 72.2 Å². The molecule has 0 aliphatic carbocycles. The van der Waals surface area contributed by atoms with E-state index in [1.54, 1.807) is 0 Å². The molecule has 3 N–H and O–H groups in total. The van der Waals surface area contributed by atoms with Crippen LogP contribution in [-0.2, 0) is 10.0 Å². The summed E-state index contributed by atoms with van der Waals surface area (Å²) in [5, 5.41) is -0.805. The molecule has 0 amide bonds. The molecule has 0 aliphatic heterocycles. The predicted octanol–water partition coefficient (Wildman–Crippen LogP) is 1.57. The van der Waals surface area contributed by atoms with Gasteiger partial charge in [0.2, 0.25) is 10.0 Å². The van der Waals surface area contributed by atoms with Crippen molar-refractivity contribution < 1.29 is 12.8 Å². The van der Waals surface area contributed by atoms with Gasteiger partial charge in [-0.15, -0.1) is 0 Å². The smallest absolute Gasteiger partial charge is 0.236 e. The molecular formula is C9H12ClFN2O2S. The van der Waals surface area contributed by atoms with Gasteiger partial charge >= 0.3 is 0 Å². The highest BCUT2D eigenvalue weighted by Crippen LogP contribution is 2.20. The summed E-state index contributed by atoms with van der Waals surface area (Å²) in [6.07, 6.45) is 0. The second-order valence-electron chi connectivity index (χ2n) is 3.32. The van der Waals surface area contributed by atoms with Crippen LogP contribution in [0.5, 0.6) is 0 Å². The zero-order valence-electron chi connectivity index (χ0n) is 8.57. The van der Waals surface area contributed by atoms with Crippen molar-refractivity contribution in [1.29, 1.82) is 0 Å². The maximum atomic E-state index is 13.0. The average molecular weight is 267 g/mol. The number of nitrogens with two attached hydrogens (primary N) is 1. The molecule has 7 heteroatoms. The Labute approximate surface area is 98.6 Å². The third-order valence-corrected chi connectivity index (χ3v) is 4.12. The normalized spacial score (nSPS) is 13.5. The number of halogens is 2. The number of hydrogen-bond donors (Lipinski definition) is 2. The van der Waals surface area contributed by atoms with Gasteiger partial charge < -0.3 is 5.73 Å². The second kappa shape index (κ2) is 4.99. The van der Waals surface area contributed by atoms with E-state index in [2.05, 4.69) is 4.72 Å². The van der Waals surface area contributed by atoms with Crippen LogP contribution >= 0.6 is 11.6 Å². The molecule has 0 aromatic heterocycles. The number of rotatable bonds is 4. The summed E-state index contributed by atoms with van der Waals surface area (Å²) >= 11 is 5.47. The Morgan fingerprint density at radius 2 is 2.19 bits per heavy atom. The van der Waals surface area contributed by atoms with Gasteiger partial charge in [0.1, 0.15) is 5.82 Å². The number of nitrogens with one attached hydrogen (secondary N) is 1. The van der Waals surface area contributed by atoms with Gasteiger partial charge in [0.25, 0.3) is 0 Å². The molecule has 1 unspecified atom stereocenters. The standard InChI is InChI=1S/C9H12ClFN2O2S/c1-6(5-12)16(14,15)13-7-2-3-8(10)9(11)4-7/h2-4,6,13H,5,12H2,1H3. The van der Waals surface area contributed by atoms with Crippen molar-refractivity contribution in [2.24, 2.45) is 5.73 Å². The first kappa shape index (κ1) is 13.2. The Morgan fingerprint density at radius 3 is 2.69 bits per heavy atom. The van der Waals surface area contributed by atoms with E-state index in [0.29, 0.717) is 0 Å². The summed E-state index contributed by atoms with van der Waals surface area (Å²) in [6, 6.07) is 3.68. The van der Waals surface area contributed by atoms with Crippen molar-refractivity contribution in [1.82, 2.24) is 0 Å². The summed E-state index contributed by atoms with van der Waals surface area (Å²) in [6.45, 7) is 1.46. The van der Waals surface area contributed by atoms with Crippen LogP contribution in [0, 0.1) is 5.82 Å². The van der Waals surface area contributed by atoms with Crippen molar-refractivity contribution in [3.8, 4) is 0 Å². The molecule has 0 saturated carbocycles. The minimum absolute atomic E-state index is 0.00853. The fourth-order valence-electron chi connectivity index (χ4n) is 0.951. The molecule has 1 aromatic carbocycles. The lowest BCUT2D eigenvalue weighted by molar-refractivity contribution is 0.589. The summed E-state index contributed by atoms with van der Waals surface area (Å²) in [5.74, 6) is -0.678. The Bertz CT molecular complexity index is 478. The van der Waals surface area contributed by atoms with Crippen LogP contribution in [0.1, 0.15) is 6.92 Å². The quantitative estimate of drug-likeness (QED) is 0.869. The zero-order chi connectivity index (χ0) is 12.3. The molecule has 0 saturated heterocycles. The van der Waals surface area contributed by atoms with E-state index in [9.17, 15) is 12.8 Å². The van der Waals surface area contributed by atoms with Crippen LogP contribution in [0.2, 0.25) is 5.02 Å². The van der Waals surface area contributed by atoms with Gasteiger partial charge in [0, 0.05) is 6.54 Å². The monoisotopic (exact) mass is 266 g/mol. The molecule has 0 spiro atoms. The maximum absolute atomic E-state index is 13.0. The molecule has 0 radical (unpaired) electrons. The molecular weight excluding hydrogens is 255 g/mol. The highest BCUT2D eigenvalue weighted by atomic mass is 35.5. The molecule has 16 heavy (non-hydrogen) atoms. The molecule has 0 aliphatic rings. The van der Waals surface area contributed by atoms with Crippen LogP contribution in [0.25, 0.3) is 0 Å². The third kappa shape index (κ3) is 3.07. The minimum Gasteiger partial charge on any atom is -0.329 e. The Kier molecular flexibility index (Phi) is 4.12. The highest BCUT2D eigenvalue weighted by molar-refractivity contribution is 7.93. The minimum atomic E-state index is -3.58. The lowest BCUT2D eigenvalue weighted by Gasteiger charge is -2.12. The number of sulfonamides is 1. The van der Waals surface area contributed by atoms with E-state index in [1.807, 2.05) is 0 Å². The zero-order valence-corrected chi connectivity index (χ0v) is 10.1. The first-order valence-corrected chi connectivity index (χ1v) is 6.46. The van der Waals surface area contributed by atoms with Crippen LogP contribution in [-0.4, -0.2) is 20.2 Å². The first-order chi connectivity index (χ1) is 7.36. The largest absolute Gasteiger partial charge is 0.329 e. The predicted molar refractivity (Wildman–Crippen MR) is 62.5 cm³/mol. The summed E-state index contributed by atoms with van der Waals surface area (Å²) < 4.78 is 38.4. The summed E-state index contributed by atoms with van der Waals surface area (Å²) in [4.78, 5) is 0. The van der Waals surface area contributed by atoms with Crippen molar-refractivity contribution >= 4 is 27.3 Å². The van der Waals surface area contributed by atoms with E-state index >= 15 is 0 Å². The van der Waals surface area contributed by atoms with Crippen molar-refractivity contribution in [3.63, 3.8) is 0 Å². The van der Waals surface area contributed by atoms with E-state index in [-0.39, 0.29) is 17.3 Å². The molecule has 1 aromatic rings. The average Bonchev–Trinajstić information content (AvgIpc) is 2.22. The molecule has 1 rings (SSSR count). The number of hydrogen-bond acceptors (Lipinski definition) is 3. The Balaban J connectivity index is 2.93. The third-order valence-electron chi connectivity index (χ3n) is 2.04. The molecule has 0 heterocycles. The highest BCUT2D eigenvalue weighted by Gasteiger charge is 2.19. The maximum Gasteiger partial charge on any atom is 0.236 e. The molecule has 0 fully saturated rings. The van der Waals surface area contributed by atoms with Crippen LogP contribution in [0.15, 0.2) is 18.2 Å². The molecule has 1 atom stereocenters. The lowest BCUT2D eigenvalue weighted by atomic mass is 10.3.